The molecule has 0 saturated carbocycles. The van der Waals surface area contributed by atoms with E-state index in [0.717, 1.165) is 19.3 Å². The number of hydrogen-bond donors (Lipinski definition) is 1. The molecule has 3 atom stereocenters. The summed E-state index contributed by atoms with van der Waals surface area (Å²) in [6.07, 6.45) is 4.07. The summed E-state index contributed by atoms with van der Waals surface area (Å²) in [6, 6.07) is 3.92. The molecule has 1 unspecified atom stereocenters. The fourth-order valence-electron chi connectivity index (χ4n) is 4.53. The van der Waals surface area contributed by atoms with Crippen molar-refractivity contribution in [2.75, 3.05) is 6.54 Å². The van der Waals surface area contributed by atoms with Crippen molar-refractivity contribution in [1.82, 2.24) is 4.90 Å². The summed E-state index contributed by atoms with van der Waals surface area (Å²) in [4.78, 5) is 39.0. The van der Waals surface area contributed by atoms with Crippen LogP contribution in [0.1, 0.15) is 91.2 Å². The van der Waals surface area contributed by atoms with Crippen LogP contribution in [0.3, 0.4) is 0 Å². The summed E-state index contributed by atoms with van der Waals surface area (Å²) in [5.74, 6) is -3.12. The fraction of sp³-hybridized carbons (Fsp3) is 0.667. The molecule has 8 heteroatoms. The number of Topliss-reactive ketones (excluding diaryl/α,β-unsaturated/α-hetero) is 1. The molecular formula is C27H40FNO6. The lowest BCUT2D eigenvalue weighted by molar-refractivity contribution is -0.300. The zero-order chi connectivity index (χ0) is 26.2. The third-order valence-corrected chi connectivity index (χ3v) is 6.14. The number of ketones is 1. The maximum atomic E-state index is 13.4. The van der Waals surface area contributed by atoms with Crippen molar-refractivity contribution in [3.8, 4) is 0 Å². The predicted molar refractivity (Wildman–Crippen MR) is 130 cm³/mol. The van der Waals surface area contributed by atoms with Crippen LogP contribution in [0, 0.1) is 11.7 Å². The van der Waals surface area contributed by atoms with Crippen molar-refractivity contribution in [2.45, 2.75) is 104 Å². The number of rotatable bonds is 13. The number of benzene rings is 1. The molecule has 1 aromatic rings. The molecule has 0 bridgehead atoms. The van der Waals surface area contributed by atoms with Gasteiger partial charge in [0.15, 0.2) is 11.8 Å². The molecule has 7 nitrogen and oxygen atoms in total. The minimum atomic E-state index is -1.24. The van der Waals surface area contributed by atoms with Gasteiger partial charge < -0.3 is 19.5 Å². The number of ether oxygens (including phenoxy) is 2. The van der Waals surface area contributed by atoms with Gasteiger partial charge in [-0.05, 0) is 44.4 Å². The first-order valence-corrected chi connectivity index (χ1v) is 12.6. The standard InChI is InChI=1S/C27H40FNO6/c1-6-7-8-9-21(30)16-23-17-22(34-27(4,5)35-23)14-15-29(25(31)18(2)3)24(26(32)33)19-10-12-20(28)13-11-19/h10-13,18,22-24H,6-9,14-17H2,1-5H3,(H,32,33)/t22-,23+,24?/m1/s1. The van der Waals surface area contributed by atoms with E-state index in [9.17, 15) is 23.9 Å². The first-order valence-electron chi connectivity index (χ1n) is 12.6. The first kappa shape index (κ1) is 28.9. The van der Waals surface area contributed by atoms with Crippen molar-refractivity contribution >= 4 is 17.7 Å². The normalized spacial score (nSPS) is 20.4. The Labute approximate surface area is 208 Å². The van der Waals surface area contributed by atoms with Gasteiger partial charge in [-0.2, -0.15) is 0 Å². The van der Waals surface area contributed by atoms with Gasteiger partial charge in [0.2, 0.25) is 5.91 Å². The highest BCUT2D eigenvalue weighted by atomic mass is 19.1. The largest absolute Gasteiger partial charge is 0.479 e. The van der Waals surface area contributed by atoms with Crippen LogP contribution in [0.25, 0.3) is 0 Å². The number of carboxylic acid groups (broad SMARTS) is 1. The Balaban J connectivity index is 2.15. The highest BCUT2D eigenvalue weighted by Crippen LogP contribution is 2.32. The molecule has 0 spiro atoms. The number of halogens is 1. The van der Waals surface area contributed by atoms with E-state index in [4.69, 9.17) is 9.47 Å². The molecule has 1 aromatic carbocycles. The van der Waals surface area contributed by atoms with Gasteiger partial charge in [0.1, 0.15) is 11.6 Å². The summed E-state index contributed by atoms with van der Waals surface area (Å²) >= 11 is 0. The number of unbranched alkanes of at least 4 members (excludes halogenated alkanes) is 2. The van der Waals surface area contributed by atoms with Gasteiger partial charge in [0.05, 0.1) is 12.2 Å². The third kappa shape index (κ3) is 9.00. The lowest BCUT2D eigenvalue weighted by Gasteiger charge is -2.41. The topological polar surface area (TPSA) is 93.1 Å². The van der Waals surface area contributed by atoms with E-state index in [-0.39, 0.29) is 30.4 Å². The lowest BCUT2D eigenvalue weighted by atomic mass is 9.98. The van der Waals surface area contributed by atoms with Crippen LogP contribution in [0.2, 0.25) is 0 Å². The van der Waals surface area contributed by atoms with Crippen LogP contribution in [-0.4, -0.2) is 52.2 Å². The van der Waals surface area contributed by atoms with E-state index < -0.39 is 29.5 Å². The zero-order valence-electron chi connectivity index (χ0n) is 21.6. The molecule has 1 aliphatic rings. The van der Waals surface area contributed by atoms with Crippen LogP contribution in [0.15, 0.2) is 24.3 Å². The molecule has 0 aromatic heterocycles. The smallest absolute Gasteiger partial charge is 0.331 e. The Morgan fingerprint density at radius 3 is 2.31 bits per heavy atom. The van der Waals surface area contributed by atoms with E-state index in [1.807, 2.05) is 0 Å². The Morgan fingerprint density at radius 1 is 1.11 bits per heavy atom. The monoisotopic (exact) mass is 493 g/mol. The van der Waals surface area contributed by atoms with E-state index >= 15 is 0 Å². The Bertz CT molecular complexity index is 854. The first-order chi connectivity index (χ1) is 16.4. The van der Waals surface area contributed by atoms with Gasteiger partial charge >= 0.3 is 5.97 Å². The van der Waals surface area contributed by atoms with Crippen LogP contribution in [-0.2, 0) is 23.9 Å². The van der Waals surface area contributed by atoms with Gasteiger partial charge in [-0.25, -0.2) is 9.18 Å². The average molecular weight is 494 g/mol. The third-order valence-electron chi connectivity index (χ3n) is 6.14. The number of carbonyl (C=O) groups excluding carboxylic acids is 2. The molecule has 1 N–H and O–H groups in total. The second-order valence-electron chi connectivity index (χ2n) is 10.1. The van der Waals surface area contributed by atoms with Crippen LogP contribution in [0.5, 0.6) is 0 Å². The number of carbonyl (C=O) groups is 3. The summed E-state index contributed by atoms with van der Waals surface area (Å²) in [7, 11) is 0. The zero-order valence-corrected chi connectivity index (χ0v) is 21.6. The Hall–Kier alpha value is -2.32. The molecule has 1 fully saturated rings. The molecule has 1 saturated heterocycles. The van der Waals surface area contributed by atoms with E-state index in [1.54, 1.807) is 27.7 Å². The maximum Gasteiger partial charge on any atom is 0.331 e. The molecule has 0 aliphatic carbocycles. The van der Waals surface area contributed by atoms with Crippen LogP contribution < -0.4 is 0 Å². The molecule has 0 radical (unpaired) electrons. The molecule has 1 heterocycles. The Kier molecular flexibility index (Phi) is 10.8. The quantitative estimate of drug-likeness (QED) is 0.376. The summed E-state index contributed by atoms with van der Waals surface area (Å²) in [5, 5.41) is 9.97. The van der Waals surface area contributed by atoms with Crippen LogP contribution in [0.4, 0.5) is 4.39 Å². The van der Waals surface area contributed by atoms with Crippen molar-refractivity contribution in [3.63, 3.8) is 0 Å². The van der Waals surface area contributed by atoms with E-state index in [1.165, 1.54) is 29.2 Å². The van der Waals surface area contributed by atoms with Gasteiger partial charge in [-0.1, -0.05) is 45.7 Å². The number of amides is 1. The van der Waals surface area contributed by atoms with Crippen molar-refractivity contribution in [3.05, 3.63) is 35.6 Å². The second-order valence-corrected chi connectivity index (χ2v) is 10.1. The van der Waals surface area contributed by atoms with Crippen molar-refractivity contribution < 1.29 is 33.4 Å². The maximum absolute atomic E-state index is 13.4. The molecule has 1 aliphatic heterocycles. The minimum absolute atomic E-state index is 0.142. The highest BCUT2D eigenvalue weighted by Gasteiger charge is 2.38. The molecular weight excluding hydrogens is 453 g/mol. The van der Waals surface area contributed by atoms with E-state index in [2.05, 4.69) is 6.92 Å². The van der Waals surface area contributed by atoms with Crippen molar-refractivity contribution in [1.29, 1.82) is 0 Å². The lowest BCUT2D eigenvalue weighted by Crippen LogP contribution is -2.47. The fourth-order valence-corrected chi connectivity index (χ4v) is 4.53. The van der Waals surface area contributed by atoms with Gasteiger partial charge in [-0.3, -0.25) is 9.59 Å². The SMILES string of the molecule is CCCCCC(=O)C[C@H]1C[C@@H](CCN(C(=O)C(C)C)C(C(=O)O)c2ccc(F)cc2)OC(C)(C)O1. The van der Waals surface area contributed by atoms with Gasteiger partial charge in [-0.15, -0.1) is 0 Å². The highest BCUT2D eigenvalue weighted by molar-refractivity contribution is 5.85. The molecule has 196 valence electrons. The van der Waals surface area contributed by atoms with E-state index in [0.29, 0.717) is 31.2 Å². The van der Waals surface area contributed by atoms with Gasteiger partial charge in [0, 0.05) is 31.7 Å². The average Bonchev–Trinajstić information content (AvgIpc) is 2.75. The Morgan fingerprint density at radius 2 is 1.74 bits per heavy atom. The summed E-state index contributed by atoms with van der Waals surface area (Å²) in [5.41, 5.74) is 0.330. The number of nitrogens with zero attached hydrogens (tertiary/aromatic N) is 1. The number of carboxylic acids is 1. The van der Waals surface area contributed by atoms with Crippen molar-refractivity contribution in [2.24, 2.45) is 5.92 Å². The summed E-state index contributed by atoms with van der Waals surface area (Å²) < 4.78 is 25.5. The number of aliphatic carboxylic acids is 1. The number of hydrogen-bond acceptors (Lipinski definition) is 5. The predicted octanol–water partition coefficient (Wildman–Crippen LogP) is 5.28. The molecule has 35 heavy (non-hydrogen) atoms. The van der Waals surface area contributed by atoms with Crippen LogP contribution >= 0.6 is 0 Å². The van der Waals surface area contributed by atoms with Gasteiger partial charge in [0.25, 0.3) is 0 Å². The second kappa shape index (κ2) is 13.1. The molecule has 2 rings (SSSR count). The molecule has 1 amide bonds. The minimum Gasteiger partial charge on any atom is -0.479 e. The summed E-state index contributed by atoms with van der Waals surface area (Å²) in [6.45, 7) is 9.26.